The molecule has 4 nitrogen and oxygen atoms in total. The number of benzene rings is 2. The van der Waals surface area contributed by atoms with Gasteiger partial charge in [-0.2, -0.15) is 0 Å². The summed E-state index contributed by atoms with van der Waals surface area (Å²) in [5.41, 5.74) is 3.61. The SMILES string of the molecule is CCN(C(=O)C1CC(=O)Nc2ccccc21)c1cccc(C)c1. The zero-order chi connectivity index (χ0) is 16.4. The Morgan fingerprint density at radius 2 is 2.00 bits per heavy atom. The molecule has 2 aromatic carbocycles. The van der Waals surface area contributed by atoms with Crippen LogP contribution in [0.5, 0.6) is 0 Å². The first-order valence-electron chi connectivity index (χ1n) is 7.87. The molecule has 3 rings (SSSR count). The van der Waals surface area contributed by atoms with Crippen molar-refractivity contribution in [2.24, 2.45) is 0 Å². The van der Waals surface area contributed by atoms with Crippen LogP contribution in [0.4, 0.5) is 11.4 Å². The van der Waals surface area contributed by atoms with E-state index in [0.29, 0.717) is 6.54 Å². The number of carbonyl (C=O) groups excluding carboxylic acids is 2. The lowest BCUT2D eigenvalue weighted by atomic mass is 9.89. The Balaban J connectivity index is 1.97. The summed E-state index contributed by atoms with van der Waals surface area (Å²) in [4.78, 5) is 26.8. The Hall–Kier alpha value is -2.62. The predicted octanol–water partition coefficient (Wildman–Crippen LogP) is 3.47. The minimum atomic E-state index is -0.430. The van der Waals surface area contributed by atoms with E-state index in [4.69, 9.17) is 0 Å². The molecule has 0 radical (unpaired) electrons. The second kappa shape index (κ2) is 6.24. The highest BCUT2D eigenvalue weighted by Crippen LogP contribution is 2.34. The maximum atomic E-state index is 13.1. The van der Waals surface area contributed by atoms with Gasteiger partial charge in [0.1, 0.15) is 0 Å². The minimum absolute atomic E-state index is 0.0274. The van der Waals surface area contributed by atoms with Crippen molar-refractivity contribution in [3.8, 4) is 0 Å². The largest absolute Gasteiger partial charge is 0.326 e. The normalized spacial score (nSPS) is 16.4. The Morgan fingerprint density at radius 3 is 2.74 bits per heavy atom. The van der Waals surface area contributed by atoms with Crippen molar-refractivity contribution in [2.45, 2.75) is 26.2 Å². The second-order valence-corrected chi connectivity index (χ2v) is 5.81. The molecule has 0 aliphatic carbocycles. The fourth-order valence-electron chi connectivity index (χ4n) is 3.08. The number of likely N-dealkylation sites (N-methyl/N-ethyl adjacent to an activating group) is 1. The van der Waals surface area contributed by atoms with Gasteiger partial charge in [0.05, 0.1) is 5.92 Å². The van der Waals surface area contributed by atoms with E-state index in [1.54, 1.807) is 4.90 Å². The molecular formula is C19H20N2O2. The molecule has 1 unspecified atom stereocenters. The topological polar surface area (TPSA) is 49.4 Å². The maximum absolute atomic E-state index is 13.1. The van der Waals surface area contributed by atoms with Crippen LogP contribution in [0.15, 0.2) is 48.5 Å². The fraction of sp³-hybridized carbons (Fsp3) is 0.263. The van der Waals surface area contributed by atoms with Gasteiger partial charge in [-0.1, -0.05) is 30.3 Å². The molecule has 23 heavy (non-hydrogen) atoms. The average Bonchev–Trinajstić information content (AvgIpc) is 2.54. The third-order valence-electron chi connectivity index (χ3n) is 4.19. The number of aryl methyl sites for hydroxylation is 1. The van der Waals surface area contributed by atoms with Crippen molar-refractivity contribution in [1.82, 2.24) is 0 Å². The summed E-state index contributed by atoms with van der Waals surface area (Å²) >= 11 is 0. The highest BCUT2D eigenvalue weighted by atomic mass is 16.2. The number of nitrogens with zero attached hydrogens (tertiary/aromatic N) is 1. The molecular weight excluding hydrogens is 288 g/mol. The van der Waals surface area contributed by atoms with Gasteiger partial charge >= 0.3 is 0 Å². The van der Waals surface area contributed by atoms with E-state index >= 15 is 0 Å². The van der Waals surface area contributed by atoms with Crippen LogP contribution >= 0.6 is 0 Å². The zero-order valence-corrected chi connectivity index (χ0v) is 13.4. The van der Waals surface area contributed by atoms with Crippen molar-refractivity contribution in [1.29, 1.82) is 0 Å². The molecule has 1 heterocycles. The summed E-state index contributed by atoms with van der Waals surface area (Å²) < 4.78 is 0. The Bertz CT molecular complexity index is 755. The highest BCUT2D eigenvalue weighted by Gasteiger charge is 2.33. The van der Waals surface area contributed by atoms with E-state index in [1.807, 2.05) is 62.4 Å². The summed E-state index contributed by atoms with van der Waals surface area (Å²) in [7, 11) is 0. The Morgan fingerprint density at radius 1 is 1.22 bits per heavy atom. The van der Waals surface area contributed by atoms with Crippen LogP contribution in [-0.2, 0) is 9.59 Å². The monoisotopic (exact) mass is 308 g/mol. The molecule has 0 spiro atoms. The fourth-order valence-corrected chi connectivity index (χ4v) is 3.08. The van der Waals surface area contributed by atoms with Crippen molar-refractivity contribution in [3.05, 3.63) is 59.7 Å². The first-order valence-corrected chi connectivity index (χ1v) is 7.87. The van der Waals surface area contributed by atoms with Gasteiger partial charge in [-0.15, -0.1) is 0 Å². The van der Waals surface area contributed by atoms with E-state index in [0.717, 1.165) is 22.5 Å². The van der Waals surface area contributed by atoms with Crippen molar-refractivity contribution in [2.75, 3.05) is 16.8 Å². The van der Waals surface area contributed by atoms with Crippen molar-refractivity contribution >= 4 is 23.2 Å². The molecule has 0 saturated heterocycles. The van der Waals surface area contributed by atoms with Gasteiger partial charge in [-0.3, -0.25) is 9.59 Å². The van der Waals surface area contributed by atoms with Crippen LogP contribution in [0.3, 0.4) is 0 Å². The number of fused-ring (bicyclic) bond motifs is 1. The molecule has 1 aliphatic rings. The van der Waals surface area contributed by atoms with Crippen molar-refractivity contribution < 1.29 is 9.59 Å². The number of hydrogen-bond acceptors (Lipinski definition) is 2. The van der Waals surface area contributed by atoms with Gasteiger partial charge in [-0.05, 0) is 43.2 Å². The smallest absolute Gasteiger partial charge is 0.235 e. The summed E-state index contributed by atoms with van der Waals surface area (Å²) in [6.45, 7) is 4.53. The predicted molar refractivity (Wildman–Crippen MR) is 91.6 cm³/mol. The second-order valence-electron chi connectivity index (χ2n) is 5.81. The van der Waals surface area contributed by atoms with E-state index in [1.165, 1.54) is 0 Å². The molecule has 0 saturated carbocycles. The number of amides is 2. The molecule has 2 amide bonds. The van der Waals surface area contributed by atoms with E-state index in [9.17, 15) is 9.59 Å². The standard InChI is InChI=1S/C19H20N2O2/c1-3-21(14-8-6-7-13(2)11-14)19(23)16-12-18(22)20-17-10-5-4-9-15(16)17/h4-11,16H,3,12H2,1-2H3,(H,20,22). The van der Waals surface area contributed by atoms with Crippen LogP contribution in [0.25, 0.3) is 0 Å². The Labute approximate surface area is 136 Å². The number of carbonyl (C=O) groups is 2. The average molecular weight is 308 g/mol. The van der Waals surface area contributed by atoms with E-state index in [2.05, 4.69) is 5.32 Å². The molecule has 1 aliphatic heterocycles. The van der Waals surface area contributed by atoms with Gasteiger partial charge in [-0.25, -0.2) is 0 Å². The molecule has 1 N–H and O–H groups in total. The molecule has 0 fully saturated rings. The summed E-state index contributed by atoms with van der Waals surface area (Å²) in [5, 5.41) is 2.84. The first-order chi connectivity index (χ1) is 11.1. The molecule has 2 aromatic rings. The van der Waals surface area contributed by atoms with Crippen LogP contribution in [0.1, 0.15) is 30.4 Å². The van der Waals surface area contributed by atoms with Crippen LogP contribution in [0, 0.1) is 6.92 Å². The molecule has 1 atom stereocenters. The summed E-state index contributed by atoms with van der Waals surface area (Å²) in [6.07, 6.45) is 0.193. The molecule has 0 aromatic heterocycles. The third kappa shape index (κ3) is 2.97. The number of hydrogen-bond donors (Lipinski definition) is 1. The van der Waals surface area contributed by atoms with Gasteiger partial charge in [0, 0.05) is 24.3 Å². The highest BCUT2D eigenvalue weighted by molar-refractivity contribution is 6.06. The number of rotatable bonds is 3. The minimum Gasteiger partial charge on any atom is -0.326 e. The third-order valence-corrected chi connectivity index (χ3v) is 4.19. The zero-order valence-electron chi connectivity index (χ0n) is 13.4. The van der Waals surface area contributed by atoms with E-state index in [-0.39, 0.29) is 18.2 Å². The lowest BCUT2D eigenvalue weighted by Gasteiger charge is -2.30. The lowest BCUT2D eigenvalue weighted by Crippen LogP contribution is -2.38. The summed E-state index contributed by atoms with van der Waals surface area (Å²) in [5.74, 6) is -0.567. The Kier molecular flexibility index (Phi) is 4.15. The summed E-state index contributed by atoms with van der Waals surface area (Å²) in [6, 6.07) is 15.4. The molecule has 0 bridgehead atoms. The quantitative estimate of drug-likeness (QED) is 0.944. The van der Waals surface area contributed by atoms with Gasteiger partial charge in [0.15, 0.2) is 0 Å². The van der Waals surface area contributed by atoms with Gasteiger partial charge in [0.25, 0.3) is 0 Å². The maximum Gasteiger partial charge on any atom is 0.235 e. The van der Waals surface area contributed by atoms with Crippen LogP contribution in [-0.4, -0.2) is 18.4 Å². The lowest BCUT2D eigenvalue weighted by molar-refractivity contribution is -0.124. The first kappa shape index (κ1) is 15.3. The molecule has 118 valence electrons. The van der Waals surface area contributed by atoms with Crippen molar-refractivity contribution in [3.63, 3.8) is 0 Å². The number of nitrogens with one attached hydrogen (secondary N) is 1. The number of anilines is 2. The van der Waals surface area contributed by atoms with E-state index < -0.39 is 5.92 Å². The number of para-hydroxylation sites is 1. The van der Waals surface area contributed by atoms with Gasteiger partial charge in [0.2, 0.25) is 11.8 Å². The molecule has 4 heteroatoms. The van der Waals surface area contributed by atoms with Crippen LogP contribution in [0.2, 0.25) is 0 Å². The van der Waals surface area contributed by atoms with Crippen LogP contribution < -0.4 is 10.2 Å². The van der Waals surface area contributed by atoms with Gasteiger partial charge < -0.3 is 10.2 Å².